The third-order valence-electron chi connectivity index (χ3n) is 6.25. The second kappa shape index (κ2) is 7.80. The van der Waals surface area contributed by atoms with Crippen molar-refractivity contribution < 1.29 is 23.1 Å². The largest absolute Gasteiger partial charge is 0.379 e. The van der Waals surface area contributed by atoms with Crippen LogP contribution in [-0.2, 0) is 30.7 Å². The van der Waals surface area contributed by atoms with Crippen molar-refractivity contribution in [1.82, 2.24) is 20.0 Å². The minimum absolute atomic E-state index is 0.00395. The number of rotatable bonds is 5. The highest BCUT2D eigenvalue weighted by Crippen LogP contribution is 2.32. The van der Waals surface area contributed by atoms with Crippen molar-refractivity contribution >= 4 is 0 Å². The van der Waals surface area contributed by atoms with Crippen LogP contribution in [-0.4, -0.2) is 37.7 Å². The zero-order chi connectivity index (χ0) is 22.4. The Morgan fingerprint density at radius 1 is 1.29 bits per heavy atom. The molecule has 31 heavy (non-hydrogen) atoms. The van der Waals surface area contributed by atoms with Crippen LogP contribution in [0.2, 0.25) is 0 Å². The molecule has 4 rings (SSSR count). The summed E-state index contributed by atoms with van der Waals surface area (Å²) in [6.07, 6.45) is 5.16. The Hall–Kier alpha value is -2.65. The quantitative estimate of drug-likeness (QED) is 0.537. The monoisotopic (exact) mass is 432 g/mol. The lowest BCUT2D eigenvalue weighted by Gasteiger charge is -2.40. The van der Waals surface area contributed by atoms with E-state index in [1.165, 1.54) is 24.8 Å². The maximum Gasteiger partial charge on any atom is 0.306 e. The van der Waals surface area contributed by atoms with E-state index in [1.807, 2.05) is 6.92 Å². The van der Waals surface area contributed by atoms with E-state index in [1.54, 1.807) is 4.68 Å². The predicted octanol–water partition coefficient (Wildman–Crippen LogP) is 1.68. The van der Waals surface area contributed by atoms with Crippen LogP contribution >= 0.6 is 0 Å². The summed E-state index contributed by atoms with van der Waals surface area (Å²) in [5, 5.41) is 14.7. The van der Waals surface area contributed by atoms with E-state index in [0.717, 1.165) is 24.1 Å². The van der Waals surface area contributed by atoms with Crippen LogP contribution in [0.3, 0.4) is 0 Å². The fraction of sp³-hybridized carbons (Fsp3) is 0.500. The first-order valence-corrected chi connectivity index (χ1v) is 10.5. The third-order valence-corrected chi connectivity index (χ3v) is 6.25. The number of aliphatic hydroxyl groups is 1. The topological polar surface area (TPSA) is 75.7 Å². The van der Waals surface area contributed by atoms with E-state index in [2.05, 4.69) is 51.5 Å². The van der Waals surface area contributed by atoms with Gasteiger partial charge in [0.25, 0.3) is 5.82 Å². The molecule has 2 aromatic heterocycles. The van der Waals surface area contributed by atoms with Crippen LogP contribution in [0.4, 0.5) is 8.78 Å². The first-order chi connectivity index (χ1) is 14.6. The number of H-pyrrole nitrogens is 2. The predicted molar refractivity (Wildman–Crippen MR) is 109 cm³/mol. The van der Waals surface area contributed by atoms with Gasteiger partial charge in [0.2, 0.25) is 6.33 Å². The van der Waals surface area contributed by atoms with Gasteiger partial charge >= 0.3 is 6.33 Å². The Bertz CT molecular complexity index is 1060. The number of hydrogen-bond donors (Lipinski definition) is 3. The molecule has 166 valence electrons. The zero-order valence-corrected chi connectivity index (χ0v) is 18.4. The van der Waals surface area contributed by atoms with Crippen molar-refractivity contribution in [3.63, 3.8) is 0 Å². The molecule has 1 aliphatic heterocycles. The normalized spacial score (nSPS) is 17.9. The maximum atomic E-state index is 14.8. The van der Waals surface area contributed by atoms with E-state index in [9.17, 15) is 13.9 Å². The summed E-state index contributed by atoms with van der Waals surface area (Å²) >= 11 is 0. The molecule has 3 heterocycles. The molecule has 0 bridgehead atoms. The van der Waals surface area contributed by atoms with E-state index >= 15 is 0 Å². The minimum atomic E-state index is -1.61. The Labute approximate surface area is 180 Å². The number of imidazole rings is 1. The molecule has 1 aliphatic rings. The average Bonchev–Trinajstić information content (AvgIpc) is 3.35. The molecule has 0 saturated carbocycles. The number of aromatic amines is 2. The van der Waals surface area contributed by atoms with Crippen LogP contribution in [0, 0.1) is 11.6 Å². The number of hydrogen-bond acceptors (Lipinski definition) is 3. The highest BCUT2D eigenvalue weighted by molar-refractivity contribution is 5.26. The van der Waals surface area contributed by atoms with Gasteiger partial charge < -0.3 is 5.11 Å². The van der Waals surface area contributed by atoms with Crippen molar-refractivity contribution in [1.29, 1.82) is 0 Å². The van der Waals surface area contributed by atoms with E-state index in [0.29, 0.717) is 13.1 Å². The Morgan fingerprint density at radius 3 is 2.71 bits per heavy atom. The van der Waals surface area contributed by atoms with Gasteiger partial charge in [-0.3, -0.25) is 4.90 Å². The summed E-state index contributed by atoms with van der Waals surface area (Å²) in [6, 6.07) is 2.86. The fourth-order valence-electron chi connectivity index (χ4n) is 4.23. The smallest absolute Gasteiger partial charge is 0.306 e. The molecule has 7 nitrogen and oxygen atoms in total. The third kappa shape index (κ3) is 4.12. The van der Waals surface area contributed by atoms with Gasteiger partial charge in [0.1, 0.15) is 48.8 Å². The van der Waals surface area contributed by atoms with Crippen molar-refractivity contribution in [2.45, 2.75) is 64.4 Å². The molecule has 2 atom stereocenters. The first-order valence-electron chi connectivity index (χ1n) is 10.5. The molecule has 0 radical (unpaired) electrons. The van der Waals surface area contributed by atoms with Gasteiger partial charge in [-0.05, 0) is 18.0 Å². The molecule has 1 aromatic carbocycles. The molecular weight excluding hydrogens is 402 g/mol. The van der Waals surface area contributed by atoms with Gasteiger partial charge in [0.15, 0.2) is 0 Å². The second-order valence-electron chi connectivity index (χ2n) is 9.40. The van der Waals surface area contributed by atoms with Crippen LogP contribution < -0.4 is 9.25 Å². The van der Waals surface area contributed by atoms with Crippen molar-refractivity contribution in [3.05, 3.63) is 65.8 Å². The number of nitrogens with zero attached hydrogens (tertiary/aromatic N) is 4. The van der Waals surface area contributed by atoms with Gasteiger partial charge in [0.05, 0.1) is 0 Å². The maximum absolute atomic E-state index is 14.8. The van der Waals surface area contributed by atoms with Crippen LogP contribution in [0.15, 0.2) is 37.1 Å². The molecule has 0 aliphatic carbocycles. The van der Waals surface area contributed by atoms with Gasteiger partial charge in [-0.2, -0.15) is 9.78 Å². The molecule has 3 aromatic rings. The van der Waals surface area contributed by atoms with Gasteiger partial charge in [-0.15, -0.1) is 0 Å². The summed E-state index contributed by atoms with van der Waals surface area (Å²) < 4.78 is 32.2. The fourth-order valence-corrected chi connectivity index (χ4v) is 4.23. The van der Waals surface area contributed by atoms with E-state index in [4.69, 9.17) is 0 Å². The zero-order valence-electron chi connectivity index (χ0n) is 18.4. The van der Waals surface area contributed by atoms with Crippen molar-refractivity contribution in [3.8, 4) is 0 Å². The Balaban J connectivity index is 1.68. The van der Waals surface area contributed by atoms with Crippen molar-refractivity contribution in [2.24, 2.45) is 0 Å². The molecule has 0 fully saturated rings. The number of fused-ring (bicyclic) bond motifs is 1. The van der Waals surface area contributed by atoms with E-state index < -0.39 is 23.3 Å². The summed E-state index contributed by atoms with van der Waals surface area (Å²) in [7, 11) is 0. The molecular formula is C22H30F2N6O+2. The summed E-state index contributed by atoms with van der Waals surface area (Å²) in [5.74, 6) is -0.402. The number of benzene rings is 1. The first kappa shape index (κ1) is 21.6. The number of aromatic nitrogens is 5. The lowest BCUT2D eigenvalue weighted by molar-refractivity contribution is -0.765. The lowest BCUT2D eigenvalue weighted by atomic mass is 9.85. The van der Waals surface area contributed by atoms with Crippen LogP contribution in [0.1, 0.15) is 44.8 Å². The van der Waals surface area contributed by atoms with Crippen molar-refractivity contribution in [2.75, 3.05) is 6.54 Å². The summed E-state index contributed by atoms with van der Waals surface area (Å²) in [4.78, 5) is 9.62. The van der Waals surface area contributed by atoms with Gasteiger partial charge in [0, 0.05) is 29.6 Å². The highest BCUT2D eigenvalue weighted by Gasteiger charge is 2.45. The number of halogens is 2. The SMILES string of the molecule is C[C@@H](N1CC[n+]2cc(C(C)(C)C)[nH]c2C1)[C@](O)(C[n+]1cnc[nH]1)c1ccc(F)cc1F. The standard InChI is InChI=1S/C22H28F2N6O/c1-15(28-7-8-29-10-19(21(2,3)4)27-20(29)11-28)22(31,12-30-14-25-13-26-30)17-6-5-16(23)9-18(17)24/h5-6,9-10,13-15,31H,7-8,11-12H2,1-4H3/p+2/t15-,22-/m1/s1. The van der Waals surface area contributed by atoms with Crippen LogP contribution in [0.5, 0.6) is 0 Å². The molecule has 0 spiro atoms. The molecule has 0 unspecified atom stereocenters. The molecule has 0 saturated heterocycles. The van der Waals surface area contributed by atoms with E-state index in [-0.39, 0.29) is 17.5 Å². The summed E-state index contributed by atoms with van der Waals surface area (Å²) in [6.45, 7) is 10.4. The lowest BCUT2D eigenvalue weighted by Crippen LogP contribution is -2.60. The number of nitrogens with one attached hydrogen (secondary N) is 2. The minimum Gasteiger partial charge on any atom is -0.379 e. The van der Waals surface area contributed by atoms with Gasteiger partial charge in [-0.25, -0.2) is 18.3 Å². The second-order valence-corrected chi connectivity index (χ2v) is 9.40. The average molecular weight is 433 g/mol. The molecule has 0 amide bonds. The Kier molecular flexibility index (Phi) is 5.43. The Morgan fingerprint density at radius 2 is 2.06 bits per heavy atom. The molecule has 3 N–H and O–H groups in total. The summed E-state index contributed by atoms with van der Waals surface area (Å²) in [5.41, 5.74) is -0.416. The van der Waals surface area contributed by atoms with Gasteiger partial charge in [-0.1, -0.05) is 26.8 Å². The molecule has 9 heteroatoms. The van der Waals surface area contributed by atoms with Crippen LogP contribution in [0.25, 0.3) is 0 Å². The highest BCUT2D eigenvalue weighted by atomic mass is 19.1.